The summed E-state index contributed by atoms with van der Waals surface area (Å²) < 4.78 is 5.23. The Balaban J connectivity index is 2.69. The molecule has 1 aliphatic heterocycles. The van der Waals surface area contributed by atoms with Gasteiger partial charge < -0.3 is 20.1 Å². The fraction of sp³-hybridized carbons (Fsp3) is 1.00. The van der Waals surface area contributed by atoms with Crippen LogP contribution in [-0.4, -0.2) is 64.7 Å². The second-order valence-electron chi connectivity index (χ2n) is 3.91. The molecule has 0 amide bonds. The maximum Gasteiger partial charge on any atom is 0.161 e. The fourth-order valence-electron chi connectivity index (χ4n) is 1.62. The molecular formula is C9H19NO5. The smallest absolute Gasteiger partial charge is 0.161 e. The minimum atomic E-state index is -1.21. The van der Waals surface area contributed by atoms with Crippen LogP contribution in [0.25, 0.3) is 0 Å². The highest BCUT2D eigenvalue weighted by atomic mass is 16.7. The van der Waals surface area contributed by atoms with Gasteiger partial charge in [-0.2, -0.15) is 5.06 Å². The van der Waals surface area contributed by atoms with E-state index in [-0.39, 0.29) is 12.6 Å². The Hall–Kier alpha value is -0.240. The second kappa shape index (κ2) is 5.20. The number of hydrogen-bond donors (Lipinski definition) is 3. The zero-order valence-corrected chi connectivity index (χ0v) is 9.20. The molecule has 4 atom stereocenters. The number of nitrogens with zero attached hydrogens (tertiary/aromatic N) is 1. The first-order chi connectivity index (χ1) is 6.99. The van der Waals surface area contributed by atoms with Crippen molar-refractivity contribution in [1.29, 1.82) is 0 Å². The predicted octanol–water partition coefficient (Wildman–Crippen LogP) is -1.30. The number of aliphatic hydroxyl groups excluding tert-OH is 3. The van der Waals surface area contributed by atoms with Crippen molar-refractivity contribution < 1.29 is 24.9 Å². The number of ether oxygens (including phenoxy) is 1. The van der Waals surface area contributed by atoms with Crippen molar-refractivity contribution in [1.82, 2.24) is 5.06 Å². The standard InChI is InChI=1S/C9H19NO5/c1-5(2)10(14-3)9-8(13)7(12)6(11)4-15-9/h5-9,11-13H,4H2,1-3H3/t6-,7-,8?,9+/m0/s1. The molecule has 0 radical (unpaired) electrons. The van der Waals surface area contributed by atoms with Gasteiger partial charge in [0.05, 0.1) is 13.7 Å². The van der Waals surface area contributed by atoms with E-state index < -0.39 is 24.5 Å². The van der Waals surface area contributed by atoms with Crippen LogP contribution in [0.1, 0.15) is 13.8 Å². The van der Waals surface area contributed by atoms with Crippen molar-refractivity contribution in [2.24, 2.45) is 0 Å². The van der Waals surface area contributed by atoms with Gasteiger partial charge >= 0.3 is 0 Å². The molecule has 90 valence electrons. The highest BCUT2D eigenvalue weighted by Crippen LogP contribution is 2.20. The molecule has 0 spiro atoms. The third kappa shape index (κ3) is 2.66. The summed E-state index contributed by atoms with van der Waals surface area (Å²) in [5.41, 5.74) is 0. The molecule has 15 heavy (non-hydrogen) atoms. The SMILES string of the molecule is CON(C(C)C)[C@@H]1OC[C@H](O)[C@H](O)C1O. The van der Waals surface area contributed by atoms with Gasteiger partial charge in [0.2, 0.25) is 0 Å². The molecule has 6 nitrogen and oxygen atoms in total. The van der Waals surface area contributed by atoms with Gasteiger partial charge in [-0.05, 0) is 13.8 Å². The van der Waals surface area contributed by atoms with Crippen molar-refractivity contribution in [3.63, 3.8) is 0 Å². The summed E-state index contributed by atoms with van der Waals surface area (Å²) in [6.45, 7) is 3.73. The first kappa shape index (κ1) is 12.8. The van der Waals surface area contributed by atoms with Crippen molar-refractivity contribution >= 4 is 0 Å². The van der Waals surface area contributed by atoms with Crippen molar-refractivity contribution in [3.05, 3.63) is 0 Å². The topological polar surface area (TPSA) is 82.4 Å². The molecule has 0 aromatic heterocycles. The van der Waals surface area contributed by atoms with Crippen molar-refractivity contribution in [3.8, 4) is 0 Å². The van der Waals surface area contributed by atoms with Gasteiger partial charge in [-0.15, -0.1) is 0 Å². The Morgan fingerprint density at radius 3 is 2.33 bits per heavy atom. The zero-order chi connectivity index (χ0) is 11.6. The van der Waals surface area contributed by atoms with E-state index >= 15 is 0 Å². The third-order valence-electron chi connectivity index (χ3n) is 2.44. The lowest BCUT2D eigenvalue weighted by Crippen LogP contribution is -2.60. The van der Waals surface area contributed by atoms with Crippen molar-refractivity contribution in [2.75, 3.05) is 13.7 Å². The maximum absolute atomic E-state index is 9.70. The Kier molecular flexibility index (Phi) is 4.45. The number of rotatable bonds is 3. The van der Waals surface area contributed by atoms with Crippen LogP contribution in [-0.2, 0) is 9.57 Å². The van der Waals surface area contributed by atoms with Crippen LogP contribution in [0, 0.1) is 0 Å². The monoisotopic (exact) mass is 221 g/mol. The molecule has 3 N–H and O–H groups in total. The van der Waals surface area contributed by atoms with E-state index in [1.807, 2.05) is 13.8 Å². The molecule has 6 heteroatoms. The molecule has 1 unspecified atom stereocenters. The van der Waals surface area contributed by atoms with Crippen LogP contribution >= 0.6 is 0 Å². The van der Waals surface area contributed by atoms with Gasteiger partial charge in [0.1, 0.15) is 18.3 Å². The molecule has 0 bridgehead atoms. The molecule has 1 fully saturated rings. The maximum atomic E-state index is 9.70. The van der Waals surface area contributed by atoms with E-state index in [1.165, 1.54) is 12.2 Å². The Morgan fingerprint density at radius 1 is 1.27 bits per heavy atom. The lowest BCUT2D eigenvalue weighted by molar-refractivity contribution is -0.316. The Bertz CT molecular complexity index is 201. The van der Waals surface area contributed by atoms with Gasteiger partial charge in [0.15, 0.2) is 6.23 Å². The summed E-state index contributed by atoms with van der Waals surface area (Å²) in [5, 5.41) is 29.9. The summed E-state index contributed by atoms with van der Waals surface area (Å²) in [6, 6.07) is -0.00269. The minimum absolute atomic E-state index is 0.00269. The molecular weight excluding hydrogens is 202 g/mol. The molecule has 1 heterocycles. The van der Waals surface area contributed by atoms with E-state index in [0.29, 0.717) is 0 Å². The van der Waals surface area contributed by atoms with Crippen LogP contribution in [0.4, 0.5) is 0 Å². The predicted molar refractivity (Wildman–Crippen MR) is 51.7 cm³/mol. The Labute approximate surface area is 89.0 Å². The summed E-state index contributed by atoms with van der Waals surface area (Å²) in [4.78, 5) is 5.06. The molecule has 1 aliphatic rings. The lowest BCUT2D eigenvalue weighted by atomic mass is 10.0. The number of aliphatic hydroxyl groups is 3. The summed E-state index contributed by atoms with van der Waals surface area (Å²) >= 11 is 0. The largest absolute Gasteiger partial charge is 0.388 e. The van der Waals surface area contributed by atoms with E-state index in [2.05, 4.69) is 0 Å². The highest BCUT2D eigenvalue weighted by Gasteiger charge is 2.41. The van der Waals surface area contributed by atoms with Crippen LogP contribution < -0.4 is 0 Å². The Morgan fingerprint density at radius 2 is 1.87 bits per heavy atom. The van der Waals surface area contributed by atoms with Gasteiger partial charge in [-0.1, -0.05) is 0 Å². The summed E-state index contributed by atoms with van der Waals surface area (Å²) in [6.07, 6.45) is -4.20. The number of hydroxylamine groups is 2. The average molecular weight is 221 g/mol. The molecule has 0 aromatic rings. The lowest BCUT2D eigenvalue weighted by Gasteiger charge is -2.41. The summed E-state index contributed by atoms with van der Waals surface area (Å²) in [5.74, 6) is 0. The van der Waals surface area contributed by atoms with E-state index in [0.717, 1.165) is 0 Å². The first-order valence-electron chi connectivity index (χ1n) is 4.97. The van der Waals surface area contributed by atoms with Gasteiger partial charge in [-0.3, -0.25) is 4.84 Å². The highest BCUT2D eigenvalue weighted by molar-refractivity contribution is 4.85. The summed E-state index contributed by atoms with van der Waals surface area (Å²) in [7, 11) is 1.47. The van der Waals surface area contributed by atoms with Gasteiger partial charge in [-0.25, -0.2) is 0 Å². The molecule has 1 rings (SSSR count). The molecule has 0 aliphatic carbocycles. The van der Waals surface area contributed by atoms with E-state index in [1.54, 1.807) is 0 Å². The molecule has 0 aromatic carbocycles. The van der Waals surface area contributed by atoms with E-state index in [4.69, 9.17) is 9.57 Å². The van der Waals surface area contributed by atoms with Gasteiger partial charge in [0.25, 0.3) is 0 Å². The van der Waals surface area contributed by atoms with Crippen LogP contribution in [0.5, 0.6) is 0 Å². The fourth-order valence-corrected chi connectivity index (χ4v) is 1.62. The van der Waals surface area contributed by atoms with E-state index in [9.17, 15) is 15.3 Å². The number of hydrogen-bond acceptors (Lipinski definition) is 6. The minimum Gasteiger partial charge on any atom is -0.388 e. The van der Waals surface area contributed by atoms with Crippen LogP contribution in [0.2, 0.25) is 0 Å². The van der Waals surface area contributed by atoms with Crippen LogP contribution in [0.3, 0.4) is 0 Å². The quantitative estimate of drug-likeness (QED) is 0.514. The normalized spacial score (nSPS) is 37.6. The first-order valence-corrected chi connectivity index (χ1v) is 4.97. The van der Waals surface area contributed by atoms with Gasteiger partial charge in [0, 0.05) is 6.04 Å². The van der Waals surface area contributed by atoms with Crippen molar-refractivity contribution in [2.45, 2.75) is 44.4 Å². The average Bonchev–Trinajstić information content (AvgIpc) is 2.18. The van der Waals surface area contributed by atoms with Crippen LogP contribution in [0.15, 0.2) is 0 Å². The second-order valence-corrected chi connectivity index (χ2v) is 3.91. The zero-order valence-electron chi connectivity index (χ0n) is 9.20. The molecule has 0 saturated carbocycles. The third-order valence-corrected chi connectivity index (χ3v) is 2.44. The molecule has 1 saturated heterocycles.